The van der Waals surface area contributed by atoms with Crippen molar-refractivity contribution in [2.24, 2.45) is 0 Å². The van der Waals surface area contributed by atoms with Gasteiger partial charge in [0.05, 0.1) is 17.0 Å². The molecular formula is C12H13N3O4S2. The number of hydrogen-bond donors (Lipinski definition) is 1. The number of nitrogens with zero attached hydrogens (tertiary/aromatic N) is 3. The molecule has 0 atom stereocenters. The van der Waals surface area contributed by atoms with Gasteiger partial charge in [-0.2, -0.15) is 14.8 Å². The van der Waals surface area contributed by atoms with Crippen molar-refractivity contribution in [2.45, 2.75) is 24.7 Å². The number of sulfonamides is 1. The molecule has 0 radical (unpaired) electrons. The lowest BCUT2D eigenvalue weighted by atomic mass is 10.4. The van der Waals surface area contributed by atoms with Gasteiger partial charge in [0.25, 0.3) is 0 Å². The first kappa shape index (κ1) is 17.1. The van der Waals surface area contributed by atoms with Crippen molar-refractivity contribution in [3.63, 3.8) is 0 Å². The predicted octanol–water partition coefficient (Wildman–Crippen LogP) is 1.57. The molecule has 112 valence electrons. The average Bonchev–Trinajstić information content (AvgIpc) is 2.81. The Morgan fingerprint density at radius 3 is 2.24 bits per heavy atom. The molecule has 1 aromatic heterocycles. The molecule has 0 saturated carbocycles. The largest absolute Gasteiger partial charge is 0.477 e. The number of hydrogen-bond acceptors (Lipinski definition) is 6. The highest BCUT2D eigenvalue weighted by Gasteiger charge is 2.28. The number of thiophene rings is 1. The highest BCUT2D eigenvalue weighted by Crippen LogP contribution is 2.28. The van der Waals surface area contributed by atoms with Gasteiger partial charge in [0.2, 0.25) is 10.0 Å². The maximum absolute atomic E-state index is 12.5. The van der Waals surface area contributed by atoms with E-state index in [1.54, 1.807) is 0 Å². The second-order valence-corrected chi connectivity index (χ2v) is 7.22. The molecule has 1 aromatic rings. The lowest BCUT2D eigenvalue weighted by molar-refractivity contribution is 0.0702. The van der Waals surface area contributed by atoms with Crippen LogP contribution in [0, 0.1) is 29.6 Å². The van der Waals surface area contributed by atoms with Crippen molar-refractivity contribution in [1.29, 1.82) is 10.5 Å². The Bertz CT molecular complexity index is 692. The first-order valence-corrected chi connectivity index (χ1v) is 8.18. The molecule has 0 amide bonds. The Morgan fingerprint density at radius 2 is 1.86 bits per heavy atom. The molecule has 9 heteroatoms. The molecule has 21 heavy (non-hydrogen) atoms. The second-order valence-electron chi connectivity index (χ2n) is 4.06. The number of carboxylic acids is 1. The van der Waals surface area contributed by atoms with E-state index < -0.39 is 16.0 Å². The summed E-state index contributed by atoms with van der Waals surface area (Å²) in [6, 6.07) is 4.83. The molecule has 0 aromatic carbocycles. The van der Waals surface area contributed by atoms with E-state index in [-0.39, 0.29) is 35.7 Å². The molecule has 0 bridgehead atoms. The van der Waals surface area contributed by atoms with Gasteiger partial charge in [-0.15, -0.1) is 11.3 Å². The fraction of sp³-hybridized carbons (Fsp3) is 0.417. The quantitative estimate of drug-likeness (QED) is 0.811. The van der Waals surface area contributed by atoms with Crippen molar-refractivity contribution in [3.05, 3.63) is 15.8 Å². The van der Waals surface area contributed by atoms with E-state index in [2.05, 4.69) is 0 Å². The van der Waals surface area contributed by atoms with Crippen molar-refractivity contribution in [3.8, 4) is 12.1 Å². The van der Waals surface area contributed by atoms with Crippen LogP contribution in [0.2, 0.25) is 0 Å². The van der Waals surface area contributed by atoms with Gasteiger partial charge in [-0.25, -0.2) is 13.2 Å². The summed E-state index contributed by atoms with van der Waals surface area (Å²) in [4.78, 5) is 11.1. The molecule has 1 heterocycles. The highest BCUT2D eigenvalue weighted by atomic mass is 32.2. The molecule has 0 aliphatic carbocycles. The SMILES string of the molecule is Cc1sc(C(=O)O)cc1S(=O)(=O)N(CCC#N)CCC#N. The Morgan fingerprint density at radius 1 is 1.33 bits per heavy atom. The highest BCUT2D eigenvalue weighted by molar-refractivity contribution is 7.89. The summed E-state index contributed by atoms with van der Waals surface area (Å²) >= 11 is 0.879. The lowest BCUT2D eigenvalue weighted by Crippen LogP contribution is -2.33. The first-order chi connectivity index (χ1) is 9.84. The second kappa shape index (κ2) is 7.18. The van der Waals surface area contributed by atoms with Gasteiger partial charge in [0.1, 0.15) is 4.88 Å². The lowest BCUT2D eigenvalue weighted by Gasteiger charge is -2.19. The van der Waals surface area contributed by atoms with Crippen LogP contribution >= 0.6 is 11.3 Å². The van der Waals surface area contributed by atoms with Gasteiger partial charge in [0, 0.05) is 30.8 Å². The van der Waals surface area contributed by atoms with Gasteiger partial charge in [-0.1, -0.05) is 0 Å². The molecule has 0 saturated heterocycles. The molecule has 0 aliphatic rings. The Labute approximate surface area is 126 Å². The zero-order chi connectivity index (χ0) is 16.0. The third-order valence-corrected chi connectivity index (χ3v) is 5.84. The van der Waals surface area contributed by atoms with Crippen LogP contribution < -0.4 is 0 Å². The summed E-state index contributed by atoms with van der Waals surface area (Å²) in [5.41, 5.74) is 0. The molecular weight excluding hydrogens is 314 g/mol. The van der Waals surface area contributed by atoms with Crippen molar-refractivity contribution in [1.82, 2.24) is 4.31 Å². The fourth-order valence-electron chi connectivity index (χ4n) is 1.67. The van der Waals surface area contributed by atoms with E-state index in [1.165, 1.54) is 6.92 Å². The van der Waals surface area contributed by atoms with Crippen molar-refractivity contribution in [2.75, 3.05) is 13.1 Å². The van der Waals surface area contributed by atoms with Crippen LogP contribution in [-0.4, -0.2) is 36.9 Å². The third kappa shape index (κ3) is 4.02. The molecule has 7 nitrogen and oxygen atoms in total. The van der Waals surface area contributed by atoms with E-state index in [0.717, 1.165) is 21.7 Å². The maximum atomic E-state index is 12.5. The van der Waals surface area contributed by atoms with Crippen molar-refractivity contribution < 1.29 is 18.3 Å². The van der Waals surface area contributed by atoms with Gasteiger partial charge >= 0.3 is 5.97 Å². The zero-order valence-corrected chi connectivity index (χ0v) is 12.9. The van der Waals surface area contributed by atoms with Crippen LogP contribution in [-0.2, 0) is 10.0 Å². The summed E-state index contributed by atoms with van der Waals surface area (Å²) in [6.07, 6.45) is -0.000732. The standard InChI is InChI=1S/C12H13N3O4S2/c1-9-11(8-10(20-9)12(16)17)21(18,19)15(6-2-4-13)7-3-5-14/h8H,2-3,6-7H2,1H3,(H,16,17). The van der Waals surface area contributed by atoms with Crippen molar-refractivity contribution >= 4 is 27.3 Å². The summed E-state index contributed by atoms with van der Waals surface area (Å²) in [7, 11) is -3.91. The van der Waals surface area contributed by atoms with Gasteiger partial charge in [-0.05, 0) is 13.0 Å². The number of carbonyl (C=O) groups is 1. The van der Waals surface area contributed by atoms with Gasteiger partial charge in [-0.3, -0.25) is 0 Å². The molecule has 0 spiro atoms. The van der Waals surface area contributed by atoms with Crippen LogP contribution in [0.4, 0.5) is 0 Å². The Kier molecular flexibility index (Phi) is 5.85. The van der Waals surface area contributed by atoms with E-state index in [9.17, 15) is 13.2 Å². The number of aromatic carboxylic acids is 1. The zero-order valence-electron chi connectivity index (χ0n) is 11.2. The van der Waals surface area contributed by atoms with E-state index in [1.807, 2.05) is 12.1 Å². The minimum absolute atomic E-state index is 0.000366. The Hall–Kier alpha value is -1.94. The summed E-state index contributed by atoms with van der Waals surface area (Å²) in [5.74, 6) is -1.19. The maximum Gasteiger partial charge on any atom is 0.345 e. The topological polar surface area (TPSA) is 122 Å². The number of rotatable bonds is 7. The molecule has 0 aliphatic heterocycles. The number of aryl methyl sites for hydroxylation is 1. The minimum atomic E-state index is -3.91. The molecule has 1 rings (SSSR count). The fourth-order valence-corrected chi connectivity index (χ4v) is 4.51. The first-order valence-electron chi connectivity index (χ1n) is 5.92. The van der Waals surface area contributed by atoms with Gasteiger partial charge in [0.15, 0.2) is 0 Å². The van der Waals surface area contributed by atoms with Gasteiger partial charge < -0.3 is 5.11 Å². The number of carboxylic acid groups (broad SMARTS) is 1. The summed E-state index contributed by atoms with van der Waals surface area (Å²) in [6.45, 7) is 1.47. The Balaban J connectivity index is 3.19. The monoisotopic (exact) mass is 327 g/mol. The number of nitriles is 2. The average molecular weight is 327 g/mol. The normalized spacial score (nSPS) is 11.0. The van der Waals surface area contributed by atoms with E-state index >= 15 is 0 Å². The smallest absolute Gasteiger partial charge is 0.345 e. The van der Waals surface area contributed by atoms with E-state index in [0.29, 0.717) is 4.88 Å². The predicted molar refractivity (Wildman–Crippen MR) is 75.2 cm³/mol. The molecule has 0 fully saturated rings. The summed E-state index contributed by atoms with van der Waals surface area (Å²) < 4.78 is 26.1. The van der Waals surface area contributed by atoms with Crippen LogP contribution in [0.5, 0.6) is 0 Å². The summed E-state index contributed by atoms with van der Waals surface area (Å²) in [5, 5.41) is 26.1. The van der Waals surface area contributed by atoms with Crippen LogP contribution in [0.15, 0.2) is 11.0 Å². The van der Waals surface area contributed by atoms with Crippen LogP contribution in [0.3, 0.4) is 0 Å². The molecule has 1 N–H and O–H groups in total. The third-order valence-electron chi connectivity index (χ3n) is 2.65. The van der Waals surface area contributed by atoms with E-state index in [4.69, 9.17) is 15.6 Å². The van der Waals surface area contributed by atoms with Crippen LogP contribution in [0.1, 0.15) is 27.4 Å². The van der Waals surface area contributed by atoms with Crippen LogP contribution in [0.25, 0.3) is 0 Å². The molecule has 0 unspecified atom stereocenters. The minimum Gasteiger partial charge on any atom is -0.477 e.